The molecule has 0 bridgehead atoms. The monoisotopic (exact) mass is 339 g/mol. The molecule has 1 N–H and O–H groups in total. The first-order valence-electron chi connectivity index (χ1n) is 8.75. The highest BCUT2D eigenvalue weighted by atomic mass is 16.2. The molecule has 25 heavy (non-hydrogen) atoms. The molecule has 6 heteroatoms. The van der Waals surface area contributed by atoms with E-state index in [2.05, 4.69) is 32.4 Å². The molecule has 6 nitrogen and oxygen atoms in total. The average molecular weight is 339 g/mol. The zero-order valence-corrected chi connectivity index (χ0v) is 14.8. The fourth-order valence-electron chi connectivity index (χ4n) is 3.26. The SMILES string of the molecule is CC(C(=O)Nc1ccccc1)N1CCC(N(C)c2cccnn2)CC1. The van der Waals surface area contributed by atoms with Gasteiger partial charge in [0.05, 0.1) is 6.04 Å². The molecule has 0 radical (unpaired) electrons. The lowest BCUT2D eigenvalue weighted by atomic mass is 10.0. The highest BCUT2D eigenvalue weighted by Crippen LogP contribution is 2.21. The quantitative estimate of drug-likeness (QED) is 0.906. The van der Waals surface area contributed by atoms with Crippen LogP contribution in [0.1, 0.15) is 19.8 Å². The van der Waals surface area contributed by atoms with Crippen LogP contribution in [0.4, 0.5) is 11.5 Å². The van der Waals surface area contributed by atoms with Crippen molar-refractivity contribution in [2.45, 2.75) is 31.8 Å². The Balaban J connectivity index is 1.52. The Hall–Kier alpha value is -2.47. The minimum atomic E-state index is -0.136. The van der Waals surface area contributed by atoms with E-state index in [-0.39, 0.29) is 11.9 Å². The maximum absolute atomic E-state index is 12.5. The van der Waals surface area contributed by atoms with Gasteiger partial charge in [-0.3, -0.25) is 9.69 Å². The summed E-state index contributed by atoms with van der Waals surface area (Å²) in [6, 6.07) is 13.8. The Kier molecular flexibility index (Phi) is 5.60. The molecule has 1 atom stereocenters. The summed E-state index contributed by atoms with van der Waals surface area (Å²) in [5.41, 5.74) is 0.844. The van der Waals surface area contributed by atoms with Gasteiger partial charge in [0, 0.05) is 38.1 Å². The molecule has 1 aliphatic heterocycles. The molecule has 2 aromatic rings. The van der Waals surface area contributed by atoms with Crippen LogP contribution in [0.25, 0.3) is 0 Å². The number of amides is 1. The number of nitrogens with zero attached hydrogens (tertiary/aromatic N) is 4. The Morgan fingerprint density at radius 1 is 1.20 bits per heavy atom. The lowest BCUT2D eigenvalue weighted by molar-refractivity contribution is -0.121. The number of hydrogen-bond donors (Lipinski definition) is 1. The summed E-state index contributed by atoms with van der Waals surface area (Å²) in [6.07, 6.45) is 3.71. The molecule has 1 unspecified atom stereocenters. The number of likely N-dealkylation sites (tertiary alicyclic amines) is 1. The van der Waals surface area contributed by atoms with Gasteiger partial charge in [0.15, 0.2) is 5.82 Å². The van der Waals surface area contributed by atoms with Gasteiger partial charge < -0.3 is 10.2 Å². The molecule has 1 saturated heterocycles. The second-order valence-corrected chi connectivity index (χ2v) is 6.49. The van der Waals surface area contributed by atoms with Crippen LogP contribution in [0.2, 0.25) is 0 Å². The smallest absolute Gasteiger partial charge is 0.241 e. The van der Waals surface area contributed by atoms with Crippen LogP contribution < -0.4 is 10.2 Å². The minimum Gasteiger partial charge on any atom is -0.355 e. The van der Waals surface area contributed by atoms with Gasteiger partial charge in [-0.2, -0.15) is 5.10 Å². The summed E-state index contributed by atoms with van der Waals surface area (Å²) in [5.74, 6) is 0.947. The van der Waals surface area contributed by atoms with Crippen LogP contribution in [0, 0.1) is 0 Å². The van der Waals surface area contributed by atoms with Crippen molar-refractivity contribution in [3.8, 4) is 0 Å². The largest absolute Gasteiger partial charge is 0.355 e. The maximum atomic E-state index is 12.5. The number of carbonyl (C=O) groups excluding carboxylic acids is 1. The topological polar surface area (TPSA) is 61.4 Å². The first-order valence-corrected chi connectivity index (χ1v) is 8.75. The predicted molar refractivity (Wildman–Crippen MR) is 99.6 cm³/mol. The van der Waals surface area contributed by atoms with Crippen molar-refractivity contribution >= 4 is 17.4 Å². The van der Waals surface area contributed by atoms with Crippen molar-refractivity contribution in [1.82, 2.24) is 15.1 Å². The predicted octanol–water partition coefficient (Wildman–Crippen LogP) is 2.40. The third kappa shape index (κ3) is 4.33. The molecule has 0 saturated carbocycles. The van der Waals surface area contributed by atoms with E-state index in [0.29, 0.717) is 6.04 Å². The van der Waals surface area contributed by atoms with Gasteiger partial charge in [-0.1, -0.05) is 18.2 Å². The van der Waals surface area contributed by atoms with Gasteiger partial charge in [0.1, 0.15) is 0 Å². The van der Waals surface area contributed by atoms with Gasteiger partial charge in [-0.05, 0) is 44.0 Å². The molecule has 2 heterocycles. The first-order chi connectivity index (χ1) is 12.1. The summed E-state index contributed by atoms with van der Waals surface area (Å²) in [7, 11) is 2.07. The molecule has 1 aliphatic rings. The van der Waals surface area contributed by atoms with Crippen LogP contribution in [-0.4, -0.2) is 53.2 Å². The van der Waals surface area contributed by atoms with Crippen molar-refractivity contribution < 1.29 is 4.79 Å². The molecular formula is C19H25N5O. The summed E-state index contributed by atoms with van der Waals surface area (Å²) in [5, 5.41) is 11.1. The summed E-state index contributed by atoms with van der Waals surface area (Å²) >= 11 is 0. The fraction of sp³-hybridized carbons (Fsp3) is 0.421. The Morgan fingerprint density at radius 2 is 1.92 bits per heavy atom. The number of para-hydroxylation sites is 1. The average Bonchev–Trinajstić information content (AvgIpc) is 2.68. The van der Waals surface area contributed by atoms with Crippen molar-refractivity contribution in [2.75, 3.05) is 30.4 Å². The summed E-state index contributed by atoms with van der Waals surface area (Å²) in [4.78, 5) is 16.9. The fourth-order valence-corrected chi connectivity index (χ4v) is 3.26. The van der Waals surface area contributed by atoms with Crippen molar-refractivity contribution in [2.24, 2.45) is 0 Å². The van der Waals surface area contributed by atoms with Crippen molar-refractivity contribution in [3.05, 3.63) is 48.7 Å². The van der Waals surface area contributed by atoms with E-state index < -0.39 is 0 Å². The number of nitrogens with one attached hydrogen (secondary N) is 1. The number of rotatable bonds is 5. The highest BCUT2D eigenvalue weighted by molar-refractivity contribution is 5.94. The molecule has 0 aliphatic carbocycles. The number of hydrogen-bond acceptors (Lipinski definition) is 5. The Morgan fingerprint density at radius 3 is 2.56 bits per heavy atom. The van der Waals surface area contributed by atoms with Gasteiger partial charge in [0.25, 0.3) is 0 Å². The van der Waals surface area contributed by atoms with Crippen LogP contribution in [0.5, 0.6) is 0 Å². The number of piperidine rings is 1. The van der Waals surface area contributed by atoms with Crippen LogP contribution >= 0.6 is 0 Å². The highest BCUT2D eigenvalue weighted by Gasteiger charge is 2.28. The van der Waals surface area contributed by atoms with Gasteiger partial charge in [0.2, 0.25) is 5.91 Å². The van der Waals surface area contributed by atoms with E-state index >= 15 is 0 Å². The standard InChI is InChI=1S/C19H25N5O/c1-15(19(25)21-16-7-4-3-5-8-16)24-13-10-17(11-14-24)23(2)18-9-6-12-20-22-18/h3-9,12,15,17H,10-11,13-14H2,1-2H3,(H,21,25). The number of anilines is 2. The zero-order valence-electron chi connectivity index (χ0n) is 14.8. The van der Waals surface area contributed by atoms with Crippen molar-refractivity contribution in [3.63, 3.8) is 0 Å². The second-order valence-electron chi connectivity index (χ2n) is 6.49. The lowest BCUT2D eigenvalue weighted by Crippen LogP contribution is -2.50. The van der Waals surface area contributed by atoms with E-state index in [1.54, 1.807) is 6.20 Å². The van der Waals surface area contributed by atoms with Crippen LogP contribution in [0.15, 0.2) is 48.7 Å². The summed E-state index contributed by atoms with van der Waals surface area (Å²) < 4.78 is 0. The first kappa shape index (κ1) is 17.4. The van der Waals surface area contributed by atoms with Gasteiger partial charge in [-0.15, -0.1) is 5.10 Å². The van der Waals surface area contributed by atoms with E-state index in [0.717, 1.165) is 37.4 Å². The maximum Gasteiger partial charge on any atom is 0.241 e. The second kappa shape index (κ2) is 8.07. The molecule has 1 aromatic heterocycles. The molecule has 1 fully saturated rings. The van der Waals surface area contributed by atoms with Gasteiger partial charge >= 0.3 is 0 Å². The van der Waals surface area contributed by atoms with E-state index in [9.17, 15) is 4.79 Å². The van der Waals surface area contributed by atoms with E-state index in [1.807, 2.05) is 49.4 Å². The minimum absolute atomic E-state index is 0.0481. The Labute approximate surface area is 148 Å². The van der Waals surface area contributed by atoms with E-state index in [1.165, 1.54) is 0 Å². The molecule has 1 aromatic carbocycles. The van der Waals surface area contributed by atoms with Crippen LogP contribution in [-0.2, 0) is 4.79 Å². The Bertz CT molecular complexity index is 671. The zero-order chi connectivity index (χ0) is 17.6. The number of benzene rings is 1. The lowest BCUT2D eigenvalue weighted by Gasteiger charge is -2.39. The van der Waals surface area contributed by atoms with Gasteiger partial charge in [-0.25, -0.2) is 0 Å². The molecule has 3 rings (SSSR count). The normalized spacial score (nSPS) is 17.0. The van der Waals surface area contributed by atoms with Crippen molar-refractivity contribution in [1.29, 1.82) is 0 Å². The third-order valence-electron chi connectivity index (χ3n) is 4.93. The molecule has 0 spiro atoms. The number of aromatic nitrogens is 2. The molecular weight excluding hydrogens is 314 g/mol. The summed E-state index contributed by atoms with van der Waals surface area (Å²) in [6.45, 7) is 3.78. The number of carbonyl (C=O) groups is 1. The van der Waals surface area contributed by atoms with E-state index in [4.69, 9.17) is 0 Å². The van der Waals surface area contributed by atoms with Crippen LogP contribution in [0.3, 0.4) is 0 Å². The third-order valence-corrected chi connectivity index (χ3v) is 4.93. The molecule has 1 amide bonds. The molecule has 132 valence electrons.